The molecule has 0 atom stereocenters. The number of hydrogen-bond donors (Lipinski definition) is 0. The summed E-state index contributed by atoms with van der Waals surface area (Å²) < 4.78 is 1.17. The van der Waals surface area contributed by atoms with E-state index in [1.807, 2.05) is 9.80 Å². The Morgan fingerprint density at radius 3 is 2.00 bits per heavy atom. The van der Waals surface area contributed by atoms with Gasteiger partial charge in [-0.15, -0.1) is 11.3 Å². The van der Waals surface area contributed by atoms with Gasteiger partial charge in [-0.3, -0.25) is 14.5 Å². The van der Waals surface area contributed by atoms with Gasteiger partial charge in [-0.1, -0.05) is 0 Å². The van der Waals surface area contributed by atoms with Gasteiger partial charge in [0.05, 0.1) is 3.79 Å². The van der Waals surface area contributed by atoms with Crippen LogP contribution in [0.25, 0.3) is 0 Å². The molecule has 3 heterocycles. The molecule has 2 saturated heterocycles. The first kappa shape index (κ1) is 18.4. The number of nitrogens with zero attached hydrogens (tertiary/aromatic N) is 3. The lowest BCUT2D eigenvalue weighted by molar-refractivity contribution is -0.142. The van der Waals surface area contributed by atoms with Crippen LogP contribution in [0.15, 0.2) is 15.9 Å². The zero-order chi connectivity index (χ0) is 18.1. The Hall–Kier alpha value is -0.920. The third-order valence-corrected chi connectivity index (χ3v) is 7.38. The summed E-state index contributed by atoms with van der Waals surface area (Å²) in [6, 6.07) is 4.27. The van der Waals surface area contributed by atoms with Crippen LogP contribution < -0.4 is 0 Å². The lowest BCUT2D eigenvalue weighted by atomic mass is 9.94. The third kappa shape index (κ3) is 4.31. The van der Waals surface area contributed by atoms with E-state index in [0.717, 1.165) is 71.5 Å². The molecule has 3 aliphatic rings. The maximum atomic E-state index is 12.8. The summed E-state index contributed by atoms with van der Waals surface area (Å²) >= 11 is 5.30. The van der Waals surface area contributed by atoms with Gasteiger partial charge in [-0.25, -0.2) is 0 Å². The van der Waals surface area contributed by atoms with Gasteiger partial charge in [0.1, 0.15) is 0 Å². The van der Waals surface area contributed by atoms with E-state index in [1.54, 1.807) is 11.3 Å². The van der Waals surface area contributed by atoms with Gasteiger partial charge in [0.15, 0.2) is 0 Å². The fourth-order valence-electron chi connectivity index (χ4n) is 3.98. The Morgan fingerprint density at radius 2 is 1.46 bits per heavy atom. The number of likely N-dealkylation sites (tertiary alicyclic amines) is 1. The second-order valence-corrected chi connectivity index (χ2v) is 10.2. The highest BCUT2D eigenvalue weighted by atomic mass is 79.9. The first-order chi connectivity index (χ1) is 12.6. The SMILES string of the molecule is O=C(C1CC1)N1CCC(C(=O)N2CCN(Cc3ccc(Br)s3)CC2)CC1. The fraction of sp³-hybridized carbons (Fsp3) is 0.684. The maximum Gasteiger partial charge on any atom is 0.225 e. The van der Waals surface area contributed by atoms with Crippen molar-refractivity contribution < 1.29 is 9.59 Å². The molecule has 2 aliphatic heterocycles. The normalized spacial score (nSPS) is 22.7. The van der Waals surface area contributed by atoms with Crippen LogP contribution in [0.5, 0.6) is 0 Å². The number of thiophene rings is 1. The lowest BCUT2D eigenvalue weighted by Gasteiger charge is -2.38. The van der Waals surface area contributed by atoms with Crippen molar-refractivity contribution >= 4 is 39.1 Å². The molecule has 26 heavy (non-hydrogen) atoms. The molecular formula is C19H26BrN3O2S. The van der Waals surface area contributed by atoms with Crippen LogP contribution in [0.2, 0.25) is 0 Å². The summed E-state index contributed by atoms with van der Waals surface area (Å²) in [5, 5.41) is 0. The Kier molecular flexibility index (Phi) is 5.66. The number of piperidine rings is 1. The maximum absolute atomic E-state index is 12.8. The molecule has 3 fully saturated rings. The first-order valence-electron chi connectivity index (χ1n) is 9.64. The van der Waals surface area contributed by atoms with Gasteiger partial charge in [0.2, 0.25) is 11.8 Å². The zero-order valence-corrected chi connectivity index (χ0v) is 17.4. The summed E-state index contributed by atoms with van der Waals surface area (Å²) in [5.74, 6) is 1.03. The second-order valence-electron chi connectivity index (χ2n) is 7.68. The minimum absolute atomic E-state index is 0.109. The van der Waals surface area contributed by atoms with Crippen LogP contribution in [0.4, 0.5) is 0 Å². The lowest BCUT2D eigenvalue weighted by Crippen LogP contribution is -2.51. The van der Waals surface area contributed by atoms with Crippen LogP contribution in [0, 0.1) is 11.8 Å². The van der Waals surface area contributed by atoms with Crippen molar-refractivity contribution in [3.8, 4) is 0 Å². The third-order valence-electron chi connectivity index (χ3n) is 5.77. The van der Waals surface area contributed by atoms with E-state index in [-0.39, 0.29) is 5.92 Å². The molecule has 1 saturated carbocycles. The van der Waals surface area contributed by atoms with Gasteiger partial charge >= 0.3 is 0 Å². The number of piperazine rings is 1. The number of halogens is 1. The van der Waals surface area contributed by atoms with Gasteiger partial charge in [-0.05, 0) is 53.7 Å². The molecule has 0 unspecified atom stereocenters. The molecule has 1 aliphatic carbocycles. The van der Waals surface area contributed by atoms with E-state index in [4.69, 9.17) is 0 Å². The average Bonchev–Trinajstić information content (AvgIpc) is 3.44. The highest BCUT2D eigenvalue weighted by Crippen LogP contribution is 2.32. The minimum Gasteiger partial charge on any atom is -0.342 e. The number of carbonyl (C=O) groups excluding carboxylic acids is 2. The van der Waals surface area contributed by atoms with E-state index in [1.165, 1.54) is 8.66 Å². The van der Waals surface area contributed by atoms with Crippen molar-refractivity contribution in [3.05, 3.63) is 20.8 Å². The van der Waals surface area contributed by atoms with E-state index in [0.29, 0.717) is 17.7 Å². The largest absolute Gasteiger partial charge is 0.342 e. The van der Waals surface area contributed by atoms with Gasteiger partial charge in [0, 0.05) is 62.5 Å². The van der Waals surface area contributed by atoms with Crippen LogP contribution in [0.1, 0.15) is 30.6 Å². The van der Waals surface area contributed by atoms with E-state index in [9.17, 15) is 9.59 Å². The number of rotatable bonds is 4. The Bertz CT molecular complexity index is 659. The Labute approximate surface area is 167 Å². The van der Waals surface area contributed by atoms with E-state index < -0.39 is 0 Å². The molecule has 0 aromatic carbocycles. The summed E-state index contributed by atoms with van der Waals surface area (Å²) in [6.45, 7) is 6.04. The van der Waals surface area contributed by atoms with Crippen molar-refractivity contribution in [1.82, 2.24) is 14.7 Å². The molecule has 1 aromatic heterocycles. The topological polar surface area (TPSA) is 43.9 Å². The van der Waals surface area contributed by atoms with Crippen molar-refractivity contribution in [1.29, 1.82) is 0 Å². The number of hydrogen-bond acceptors (Lipinski definition) is 4. The molecule has 5 nitrogen and oxygen atoms in total. The monoisotopic (exact) mass is 439 g/mol. The Morgan fingerprint density at radius 1 is 0.885 bits per heavy atom. The second kappa shape index (κ2) is 7.98. The van der Waals surface area contributed by atoms with Crippen molar-refractivity contribution in [2.24, 2.45) is 11.8 Å². The van der Waals surface area contributed by atoms with Gasteiger partial charge in [0.25, 0.3) is 0 Å². The summed E-state index contributed by atoms with van der Waals surface area (Å²) in [6.07, 6.45) is 3.79. The molecule has 0 spiro atoms. The predicted octanol–water partition coefficient (Wildman–Crippen LogP) is 2.80. The van der Waals surface area contributed by atoms with Gasteiger partial charge in [-0.2, -0.15) is 0 Å². The smallest absolute Gasteiger partial charge is 0.225 e. The summed E-state index contributed by atoms with van der Waals surface area (Å²) in [5.41, 5.74) is 0. The first-order valence-corrected chi connectivity index (χ1v) is 11.3. The number of carbonyl (C=O) groups is 2. The highest BCUT2D eigenvalue weighted by molar-refractivity contribution is 9.11. The van der Waals surface area contributed by atoms with Crippen LogP contribution in [0.3, 0.4) is 0 Å². The summed E-state index contributed by atoms with van der Waals surface area (Å²) in [4.78, 5) is 32.8. The average molecular weight is 440 g/mol. The Balaban J connectivity index is 1.22. The molecular weight excluding hydrogens is 414 g/mol. The molecule has 142 valence electrons. The van der Waals surface area contributed by atoms with Crippen molar-refractivity contribution in [2.45, 2.75) is 32.2 Å². The quantitative estimate of drug-likeness (QED) is 0.724. The fourth-order valence-corrected chi connectivity index (χ4v) is 5.50. The minimum atomic E-state index is 0.109. The van der Waals surface area contributed by atoms with Crippen LogP contribution in [-0.2, 0) is 16.1 Å². The van der Waals surface area contributed by atoms with E-state index >= 15 is 0 Å². The molecule has 2 amide bonds. The standard InChI is InChI=1S/C19H26BrN3O2S/c20-17-4-3-16(26-17)13-21-9-11-23(12-10-21)19(25)15-5-7-22(8-6-15)18(24)14-1-2-14/h3-4,14-15H,1-2,5-13H2. The molecule has 7 heteroatoms. The van der Waals surface area contributed by atoms with Gasteiger partial charge < -0.3 is 9.80 Å². The molecule has 0 bridgehead atoms. The van der Waals surface area contributed by atoms with E-state index in [2.05, 4.69) is 33.0 Å². The molecule has 0 N–H and O–H groups in total. The van der Waals surface area contributed by atoms with Crippen molar-refractivity contribution in [3.63, 3.8) is 0 Å². The summed E-state index contributed by atoms with van der Waals surface area (Å²) in [7, 11) is 0. The zero-order valence-electron chi connectivity index (χ0n) is 15.0. The number of amides is 2. The van der Waals surface area contributed by atoms with Crippen molar-refractivity contribution in [2.75, 3.05) is 39.3 Å². The molecule has 1 aromatic rings. The van der Waals surface area contributed by atoms with Crippen LogP contribution in [-0.4, -0.2) is 65.8 Å². The predicted molar refractivity (Wildman–Crippen MR) is 106 cm³/mol. The molecule has 4 rings (SSSR count). The van der Waals surface area contributed by atoms with Crippen LogP contribution >= 0.6 is 27.3 Å². The molecule has 0 radical (unpaired) electrons. The highest BCUT2D eigenvalue weighted by Gasteiger charge is 2.37.